The second kappa shape index (κ2) is 8.37. The predicted octanol–water partition coefficient (Wildman–Crippen LogP) is -0.816. The van der Waals surface area contributed by atoms with Gasteiger partial charge in [-0.1, -0.05) is 12.1 Å². The molecule has 0 saturated carbocycles. The molecular formula is C9H15NO10P2. The zero-order valence-corrected chi connectivity index (χ0v) is 12.7. The Morgan fingerprint density at radius 2 is 1.50 bits per heavy atom. The van der Waals surface area contributed by atoms with Gasteiger partial charge in [-0.15, -0.1) is 0 Å². The summed E-state index contributed by atoms with van der Waals surface area (Å²) < 4.78 is 23.7. The molecule has 0 spiro atoms. The standard InChI is InChI=1S/C9H12NO6P.H3O4P/c10-8(9(11)12)5-6-1-3-7(4-2-6)16-17(13,14)15;1-5(2,3)4/h1-4,8H,5,10H2,(H,11,12)(H2,13,14,15);(H3,1,2,3,4). The topological polar surface area (TPSA) is 208 Å². The predicted molar refractivity (Wildman–Crippen MR) is 72.7 cm³/mol. The Hall–Kier alpha value is -1.29. The van der Waals surface area contributed by atoms with Crippen LogP contribution in [0.4, 0.5) is 0 Å². The number of carboxylic acids is 1. The summed E-state index contributed by atoms with van der Waals surface area (Å²) in [6, 6.07) is 4.65. The van der Waals surface area contributed by atoms with E-state index >= 15 is 0 Å². The summed E-state index contributed by atoms with van der Waals surface area (Å²) >= 11 is 0. The summed E-state index contributed by atoms with van der Waals surface area (Å²) in [6.07, 6.45) is 0.130. The first-order chi connectivity index (χ1) is 9.78. The van der Waals surface area contributed by atoms with Gasteiger partial charge >= 0.3 is 21.6 Å². The van der Waals surface area contributed by atoms with E-state index in [-0.39, 0.29) is 12.2 Å². The molecule has 0 aliphatic carbocycles. The summed E-state index contributed by atoms with van der Waals surface area (Å²) in [5.74, 6) is -1.11. The Kier molecular flexibility index (Phi) is 7.88. The van der Waals surface area contributed by atoms with Crippen LogP contribution in [0.5, 0.6) is 5.75 Å². The summed E-state index contributed by atoms with van der Waals surface area (Å²) in [5.41, 5.74) is 5.97. The van der Waals surface area contributed by atoms with Gasteiger partial charge in [0.05, 0.1) is 0 Å². The normalized spacial score (nSPS) is 12.8. The highest BCUT2D eigenvalue weighted by atomic mass is 31.2. The fourth-order valence-electron chi connectivity index (χ4n) is 1.16. The van der Waals surface area contributed by atoms with Gasteiger partial charge in [-0.3, -0.25) is 14.6 Å². The molecule has 0 aliphatic rings. The molecule has 0 heterocycles. The van der Waals surface area contributed by atoms with Crippen molar-refractivity contribution >= 4 is 21.6 Å². The largest absolute Gasteiger partial charge is 0.524 e. The lowest BCUT2D eigenvalue weighted by atomic mass is 10.1. The van der Waals surface area contributed by atoms with Crippen LogP contribution >= 0.6 is 15.6 Å². The fraction of sp³-hybridized carbons (Fsp3) is 0.222. The minimum atomic E-state index is -4.64. The Morgan fingerprint density at radius 1 is 1.09 bits per heavy atom. The quantitative estimate of drug-likeness (QED) is 0.323. The lowest BCUT2D eigenvalue weighted by molar-refractivity contribution is -0.138. The molecule has 0 amide bonds. The molecule has 1 atom stereocenters. The first kappa shape index (κ1) is 20.7. The molecule has 13 heteroatoms. The maximum absolute atomic E-state index is 10.5. The van der Waals surface area contributed by atoms with Crippen molar-refractivity contribution in [3.63, 3.8) is 0 Å². The molecule has 0 radical (unpaired) electrons. The van der Waals surface area contributed by atoms with Crippen LogP contribution in [-0.2, 0) is 20.3 Å². The van der Waals surface area contributed by atoms with Crippen LogP contribution in [0.2, 0.25) is 0 Å². The third-order valence-corrected chi connectivity index (χ3v) is 2.37. The van der Waals surface area contributed by atoms with Gasteiger partial charge in [-0.05, 0) is 24.1 Å². The van der Waals surface area contributed by atoms with Gasteiger partial charge in [0.2, 0.25) is 0 Å². The van der Waals surface area contributed by atoms with Crippen molar-refractivity contribution in [1.82, 2.24) is 0 Å². The van der Waals surface area contributed by atoms with Gasteiger partial charge in [0.25, 0.3) is 0 Å². The van der Waals surface area contributed by atoms with Crippen LogP contribution in [0.3, 0.4) is 0 Å². The highest BCUT2D eigenvalue weighted by molar-refractivity contribution is 7.46. The molecule has 22 heavy (non-hydrogen) atoms. The molecular weight excluding hydrogens is 344 g/mol. The first-order valence-corrected chi connectivity index (χ1v) is 8.48. The Morgan fingerprint density at radius 3 is 1.82 bits per heavy atom. The van der Waals surface area contributed by atoms with E-state index in [1.54, 1.807) is 0 Å². The molecule has 0 bridgehead atoms. The zero-order chi connectivity index (χ0) is 17.6. The number of carbonyl (C=O) groups is 1. The third-order valence-electron chi connectivity index (χ3n) is 1.92. The molecule has 11 nitrogen and oxygen atoms in total. The molecule has 8 N–H and O–H groups in total. The Balaban J connectivity index is 0.000000763. The van der Waals surface area contributed by atoms with Crippen LogP contribution in [0.15, 0.2) is 24.3 Å². The van der Waals surface area contributed by atoms with Crippen molar-refractivity contribution < 1.29 is 48.0 Å². The highest BCUT2D eigenvalue weighted by Crippen LogP contribution is 2.37. The van der Waals surface area contributed by atoms with Gasteiger partial charge in [0.15, 0.2) is 0 Å². The molecule has 1 rings (SSSR count). The smallest absolute Gasteiger partial charge is 0.480 e. The van der Waals surface area contributed by atoms with Crippen molar-refractivity contribution in [3.05, 3.63) is 29.8 Å². The fourth-order valence-corrected chi connectivity index (χ4v) is 1.56. The van der Waals surface area contributed by atoms with Gasteiger partial charge in [0, 0.05) is 0 Å². The van der Waals surface area contributed by atoms with Crippen LogP contribution in [0, 0.1) is 0 Å². The van der Waals surface area contributed by atoms with E-state index in [2.05, 4.69) is 4.52 Å². The lowest BCUT2D eigenvalue weighted by Gasteiger charge is -2.09. The summed E-state index contributed by atoms with van der Waals surface area (Å²) in [7, 11) is -9.20. The van der Waals surface area contributed by atoms with E-state index in [4.69, 9.17) is 39.9 Å². The van der Waals surface area contributed by atoms with Crippen molar-refractivity contribution in [1.29, 1.82) is 0 Å². The highest BCUT2D eigenvalue weighted by Gasteiger charge is 2.16. The number of phosphoric acid groups is 2. The second-order valence-corrected chi connectivity index (χ2v) is 6.08. The van der Waals surface area contributed by atoms with Crippen LogP contribution in [0.1, 0.15) is 5.56 Å². The van der Waals surface area contributed by atoms with E-state index in [9.17, 15) is 9.36 Å². The van der Waals surface area contributed by atoms with Crippen molar-refractivity contribution in [2.45, 2.75) is 12.5 Å². The number of carboxylic acid groups (broad SMARTS) is 1. The molecule has 0 aromatic heterocycles. The number of hydrogen-bond donors (Lipinski definition) is 7. The van der Waals surface area contributed by atoms with Gasteiger partial charge in [-0.2, -0.15) is 0 Å². The number of hydrogen-bond acceptors (Lipinski definition) is 5. The average Bonchev–Trinajstić information content (AvgIpc) is 2.27. The molecule has 0 fully saturated rings. The summed E-state index contributed by atoms with van der Waals surface area (Å²) in [4.78, 5) is 49.2. The van der Waals surface area contributed by atoms with Crippen molar-refractivity contribution in [3.8, 4) is 5.75 Å². The maximum atomic E-state index is 10.5. The summed E-state index contributed by atoms with van der Waals surface area (Å²) in [6.45, 7) is 0. The third kappa shape index (κ3) is 12.5. The number of phosphoric ester groups is 1. The number of aliphatic carboxylic acids is 1. The first-order valence-electron chi connectivity index (χ1n) is 5.38. The number of benzene rings is 1. The SMILES string of the molecule is NC(Cc1ccc(OP(=O)(O)O)cc1)C(=O)O.O=P(O)(O)O. The average molecular weight is 359 g/mol. The van der Waals surface area contributed by atoms with E-state index < -0.39 is 27.7 Å². The van der Waals surface area contributed by atoms with Crippen LogP contribution in [-0.4, -0.2) is 41.6 Å². The van der Waals surface area contributed by atoms with Gasteiger partial charge in [0.1, 0.15) is 11.8 Å². The maximum Gasteiger partial charge on any atom is 0.524 e. The van der Waals surface area contributed by atoms with Gasteiger partial charge in [-0.25, -0.2) is 9.13 Å². The zero-order valence-electron chi connectivity index (χ0n) is 10.9. The van der Waals surface area contributed by atoms with Crippen LogP contribution in [0.25, 0.3) is 0 Å². The monoisotopic (exact) mass is 359 g/mol. The molecule has 1 aromatic rings. The van der Waals surface area contributed by atoms with Gasteiger partial charge < -0.3 is 30.0 Å². The number of rotatable bonds is 5. The van der Waals surface area contributed by atoms with E-state index in [1.165, 1.54) is 24.3 Å². The molecule has 1 unspecified atom stereocenters. The van der Waals surface area contributed by atoms with Crippen molar-refractivity contribution in [2.75, 3.05) is 0 Å². The Bertz CT molecular complexity index is 568. The molecule has 126 valence electrons. The minimum Gasteiger partial charge on any atom is -0.480 e. The van der Waals surface area contributed by atoms with E-state index in [0.29, 0.717) is 5.56 Å². The van der Waals surface area contributed by atoms with Crippen molar-refractivity contribution in [2.24, 2.45) is 5.73 Å². The molecule has 0 saturated heterocycles. The number of nitrogens with two attached hydrogens (primary N) is 1. The van der Waals surface area contributed by atoms with Crippen LogP contribution < -0.4 is 10.3 Å². The Labute approximate surface area is 124 Å². The molecule has 1 aromatic carbocycles. The van der Waals surface area contributed by atoms with E-state index in [1.807, 2.05) is 0 Å². The molecule has 0 aliphatic heterocycles. The second-order valence-electron chi connectivity index (χ2n) is 3.89. The lowest BCUT2D eigenvalue weighted by Crippen LogP contribution is -2.32. The van der Waals surface area contributed by atoms with E-state index in [0.717, 1.165) is 0 Å². The minimum absolute atomic E-state index is 0.00554. The summed E-state index contributed by atoms with van der Waals surface area (Å²) in [5, 5.41) is 8.60.